The lowest BCUT2D eigenvalue weighted by Gasteiger charge is -2.28. The summed E-state index contributed by atoms with van der Waals surface area (Å²) in [6.07, 6.45) is -5.03. The van der Waals surface area contributed by atoms with Gasteiger partial charge in [0.15, 0.2) is 0 Å². The number of hydrogen-bond donors (Lipinski definition) is 6. The van der Waals surface area contributed by atoms with Gasteiger partial charge in [-0.25, -0.2) is 4.39 Å². The van der Waals surface area contributed by atoms with E-state index >= 15 is 0 Å². The number of nitrogens with zero attached hydrogens (tertiary/aromatic N) is 1. The van der Waals surface area contributed by atoms with Gasteiger partial charge in [0, 0.05) is 30.3 Å². The average molecular weight is 543 g/mol. The zero-order valence-electron chi connectivity index (χ0n) is 21.6. The van der Waals surface area contributed by atoms with Gasteiger partial charge in [-0.3, -0.25) is 9.59 Å². The Labute approximate surface area is 224 Å². The molecule has 2 amide bonds. The van der Waals surface area contributed by atoms with Gasteiger partial charge < -0.3 is 40.5 Å². The average Bonchev–Trinajstić information content (AvgIpc) is 3.40. The summed E-state index contributed by atoms with van der Waals surface area (Å²) in [4.78, 5) is 26.7. The van der Waals surface area contributed by atoms with Gasteiger partial charge in [0.05, 0.1) is 17.9 Å². The molecule has 0 spiro atoms. The highest BCUT2D eigenvalue weighted by Crippen LogP contribution is 2.44. The Kier molecular flexibility index (Phi) is 7.92. The van der Waals surface area contributed by atoms with Crippen molar-refractivity contribution in [1.82, 2.24) is 4.90 Å². The summed E-state index contributed by atoms with van der Waals surface area (Å²) in [7, 11) is 1.41. The molecule has 4 atom stereocenters. The molecule has 0 bridgehead atoms. The summed E-state index contributed by atoms with van der Waals surface area (Å²) in [5.41, 5.74) is 2.20. The third kappa shape index (κ3) is 5.58. The third-order valence-corrected chi connectivity index (χ3v) is 6.84. The molecule has 2 aliphatic heterocycles. The molecule has 0 saturated heterocycles. The molecule has 6 N–H and O–H groups in total. The number of carbonyl (C=O) groups is 2. The smallest absolute Gasteiger partial charge is 0.260 e. The maximum absolute atomic E-state index is 13.6. The fourth-order valence-electron chi connectivity index (χ4n) is 4.66. The van der Waals surface area contributed by atoms with E-state index in [9.17, 15) is 34.4 Å². The van der Waals surface area contributed by atoms with Crippen LogP contribution in [0.2, 0.25) is 0 Å². The Hall–Kier alpha value is -3.61. The minimum absolute atomic E-state index is 0.293. The summed E-state index contributed by atoms with van der Waals surface area (Å²) < 4.78 is 19.8. The lowest BCUT2D eigenvalue weighted by molar-refractivity contribution is -0.117. The van der Waals surface area contributed by atoms with Crippen molar-refractivity contribution in [3.05, 3.63) is 76.8 Å². The molecule has 2 heterocycles. The Morgan fingerprint density at radius 1 is 1.05 bits per heavy atom. The van der Waals surface area contributed by atoms with Gasteiger partial charge in [0.25, 0.3) is 11.8 Å². The van der Waals surface area contributed by atoms with Crippen molar-refractivity contribution in [2.75, 3.05) is 25.5 Å². The van der Waals surface area contributed by atoms with E-state index in [0.717, 1.165) is 16.0 Å². The number of allylic oxidation sites excluding steroid dienone is 1. The molecule has 0 fully saturated rings. The normalized spacial score (nSPS) is 20.8. The highest BCUT2D eigenvalue weighted by Gasteiger charge is 2.38. The molecule has 208 valence electrons. The number of rotatable bonds is 8. The van der Waals surface area contributed by atoms with Gasteiger partial charge in [0.2, 0.25) is 0 Å². The van der Waals surface area contributed by atoms with Crippen molar-refractivity contribution in [3.63, 3.8) is 0 Å². The number of likely N-dealkylation sites (N-methyl/N-ethyl adjacent to an activating group) is 1. The first kappa shape index (κ1) is 28.4. The van der Waals surface area contributed by atoms with E-state index in [4.69, 9.17) is 9.84 Å². The number of carbonyl (C=O) groups excluding carboxylic acids is 2. The predicted molar refractivity (Wildman–Crippen MR) is 140 cm³/mol. The van der Waals surface area contributed by atoms with Gasteiger partial charge in [-0.1, -0.05) is 12.1 Å². The Morgan fingerprint density at radius 3 is 2.33 bits per heavy atom. The quantitative estimate of drug-likeness (QED) is 0.268. The van der Waals surface area contributed by atoms with E-state index in [2.05, 4.69) is 5.32 Å². The monoisotopic (exact) mass is 542 g/mol. The van der Waals surface area contributed by atoms with Crippen LogP contribution >= 0.6 is 0 Å². The predicted octanol–water partition coefficient (Wildman–Crippen LogP) is 0.889. The number of nitrogens with one attached hydrogen (secondary N) is 1. The molecule has 4 rings (SSSR count). The van der Waals surface area contributed by atoms with Crippen LogP contribution in [-0.2, 0) is 9.53 Å². The minimum Gasteiger partial charge on any atom is -0.482 e. The van der Waals surface area contributed by atoms with Crippen molar-refractivity contribution in [1.29, 1.82) is 0 Å². The van der Waals surface area contributed by atoms with E-state index in [1.807, 2.05) is 13.8 Å². The van der Waals surface area contributed by atoms with Gasteiger partial charge in [-0.2, -0.15) is 0 Å². The van der Waals surface area contributed by atoms with Gasteiger partial charge in [-0.15, -0.1) is 0 Å². The van der Waals surface area contributed by atoms with Crippen molar-refractivity contribution >= 4 is 28.6 Å². The molecule has 10 nitrogen and oxygen atoms in total. The van der Waals surface area contributed by atoms with Crippen LogP contribution in [0.15, 0.2) is 54.3 Å². The first-order valence-corrected chi connectivity index (χ1v) is 12.3. The molecular formula is C28H31FN2O8. The second-order valence-corrected chi connectivity index (χ2v) is 10.1. The number of hydrogen-bond acceptors (Lipinski definition) is 8. The second-order valence-electron chi connectivity index (χ2n) is 10.1. The summed E-state index contributed by atoms with van der Waals surface area (Å²) in [5.74, 6) is -0.976. The first-order chi connectivity index (χ1) is 18.3. The number of aliphatic hydroxyl groups excluding tert-OH is 5. The number of halogens is 1. The maximum Gasteiger partial charge on any atom is 0.260 e. The standard InChI is InChI=1S/C28H31FN2O8/c1-28(2)18(11-22(39-28)23-17-9-8-16(29)10-19(17)30-26(23)37)14-4-6-15(7-5-14)27(38)31(3)12-20(33)24(35)25(36)21(34)13-32/h4-11,20-21,24-25,32-36H,12-13H2,1-3H3,(H,30,37)/b23-22+/t20-,21+,24+,25-/m0/s1. The van der Waals surface area contributed by atoms with E-state index in [0.29, 0.717) is 28.1 Å². The number of amides is 2. The van der Waals surface area contributed by atoms with Crippen molar-refractivity contribution in [3.8, 4) is 0 Å². The largest absolute Gasteiger partial charge is 0.482 e. The number of benzene rings is 2. The van der Waals surface area contributed by atoms with Gasteiger partial charge in [0.1, 0.15) is 41.6 Å². The Balaban J connectivity index is 1.53. The van der Waals surface area contributed by atoms with E-state index < -0.39 is 54.3 Å². The Morgan fingerprint density at radius 2 is 1.69 bits per heavy atom. The van der Waals surface area contributed by atoms with Crippen LogP contribution in [0.5, 0.6) is 0 Å². The van der Waals surface area contributed by atoms with Gasteiger partial charge in [-0.05, 0) is 55.8 Å². The van der Waals surface area contributed by atoms with Crippen LogP contribution in [0.3, 0.4) is 0 Å². The molecule has 0 saturated carbocycles. The number of fused-ring (bicyclic) bond motifs is 1. The summed E-state index contributed by atoms with van der Waals surface area (Å²) in [6.45, 7) is 2.54. The van der Waals surface area contributed by atoms with Crippen LogP contribution in [0, 0.1) is 5.82 Å². The molecule has 2 aliphatic rings. The fraction of sp³-hybridized carbons (Fsp3) is 0.357. The van der Waals surface area contributed by atoms with Crippen LogP contribution in [0.25, 0.3) is 11.1 Å². The van der Waals surface area contributed by atoms with Crippen LogP contribution < -0.4 is 5.32 Å². The van der Waals surface area contributed by atoms with Crippen LogP contribution in [-0.4, -0.2) is 92.5 Å². The number of aliphatic hydroxyl groups is 5. The molecule has 11 heteroatoms. The third-order valence-electron chi connectivity index (χ3n) is 6.84. The van der Waals surface area contributed by atoms with Crippen LogP contribution in [0.4, 0.5) is 10.1 Å². The lowest BCUT2D eigenvalue weighted by Crippen LogP contribution is -2.49. The molecule has 2 aromatic carbocycles. The zero-order valence-corrected chi connectivity index (χ0v) is 21.6. The van der Waals surface area contributed by atoms with Crippen molar-refractivity contribution < 1.29 is 44.2 Å². The topological polar surface area (TPSA) is 160 Å². The lowest BCUT2D eigenvalue weighted by atomic mass is 9.91. The molecule has 0 aromatic heterocycles. The SMILES string of the molecule is CN(C[C@H](O)[C@@H](O)[C@@H](O)[C@H](O)CO)C(=O)c1ccc(C2=C/C(=C3\C(=O)Nc4cc(F)ccc43)OC2(C)C)cc1. The zero-order chi connectivity index (χ0) is 28.6. The first-order valence-electron chi connectivity index (χ1n) is 12.3. The van der Waals surface area contributed by atoms with E-state index in [1.54, 1.807) is 30.3 Å². The molecular weight excluding hydrogens is 511 g/mol. The van der Waals surface area contributed by atoms with E-state index in [-0.39, 0.29) is 6.54 Å². The fourth-order valence-corrected chi connectivity index (χ4v) is 4.66. The molecule has 39 heavy (non-hydrogen) atoms. The van der Waals surface area contributed by atoms with E-state index in [1.165, 1.54) is 25.2 Å². The molecule has 0 aliphatic carbocycles. The van der Waals surface area contributed by atoms with Crippen LogP contribution in [0.1, 0.15) is 35.3 Å². The highest BCUT2D eigenvalue weighted by atomic mass is 19.1. The van der Waals surface area contributed by atoms with Gasteiger partial charge >= 0.3 is 0 Å². The summed E-state index contributed by atoms with van der Waals surface area (Å²) in [5, 5.41) is 51.0. The number of ether oxygens (including phenoxy) is 1. The second kappa shape index (κ2) is 10.9. The molecule has 0 radical (unpaired) electrons. The summed E-state index contributed by atoms with van der Waals surface area (Å²) in [6, 6.07) is 10.7. The minimum atomic E-state index is -1.79. The van der Waals surface area contributed by atoms with Crippen molar-refractivity contribution in [2.24, 2.45) is 0 Å². The van der Waals surface area contributed by atoms with Crippen molar-refractivity contribution in [2.45, 2.75) is 43.9 Å². The maximum atomic E-state index is 13.6. The summed E-state index contributed by atoms with van der Waals surface area (Å²) >= 11 is 0. The Bertz CT molecular complexity index is 1340. The molecule has 2 aromatic rings. The number of anilines is 1. The highest BCUT2D eigenvalue weighted by molar-refractivity contribution is 6.32. The molecule has 0 unspecified atom stereocenters.